The summed E-state index contributed by atoms with van der Waals surface area (Å²) in [5, 5.41) is 2.95. The number of carbonyl (C=O) groups excluding carboxylic acids is 1. The molecule has 0 aliphatic rings. The Labute approximate surface area is 184 Å². The molecule has 1 heterocycles. The van der Waals surface area contributed by atoms with Crippen molar-refractivity contribution < 1.29 is 22.4 Å². The third kappa shape index (κ3) is 4.47. The number of hydrogen-bond donors (Lipinski definition) is 2. The van der Waals surface area contributed by atoms with E-state index in [4.69, 9.17) is 9.15 Å². The predicted octanol–water partition coefficient (Wildman–Crippen LogP) is 4.29. The highest BCUT2D eigenvalue weighted by atomic mass is 32.2. The number of carbonyl (C=O) groups is 1. The molecule has 0 unspecified atom stereocenters. The molecule has 4 aromatic rings. The van der Waals surface area contributed by atoms with E-state index in [1.165, 1.54) is 25.4 Å². The van der Waals surface area contributed by atoms with Crippen molar-refractivity contribution in [2.24, 2.45) is 0 Å². The Balaban J connectivity index is 1.59. The van der Waals surface area contributed by atoms with Crippen LogP contribution in [0.2, 0.25) is 0 Å². The second kappa shape index (κ2) is 8.94. The summed E-state index contributed by atoms with van der Waals surface area (Å²) in [7, 11) is -2.39. The summed E-state index contributed by atoms with van der Waals surface area (Å²) < 4.78 is 38.9. The Morgan fingerprint density at radius 1 is 1.03 bits per heavy atom. The van der Waals surface area contributed by atoms with E-state index in [-0.39, 0.29) is 22.1 Å². The minimum absolute atomic E-state index is 0.0299. The fraction of sp³-hybridized carbons (Fsp3) is 0.0435. The molecule has 0 aliphatic heterocycles. The molecule has 0 bridgehead atoms. The fourth-order valence-electron chi connectivity index (χ4n) is 2.98. The normalized spacial score (nSPS) is 11.8. The molecule has 4 rings (SSSR count). The monoisotopic (exact) mass is 449 g/mol. The number of para-hydroxylation sites is 3. The SMILES string of the molecule is COc1cc(S(=O)(=O)Nc2ccccc2)ccc1NC=C(C=O)c1nc2ccccc2o1. The lowest BCUT2D eigenvalue weighted by atomic mass is 10.2. The first kappa shape index (κ1) is 21.1. The van der Waals surface area contributed by atoms with Crippen LogP contribution in [0.4, 0.5) is 11.4 Å². The second-order valence-electron chi connectivity index (χ2n) is 6.68. The lowest BCUT2D eigenvalue weighted by molar-refractivity contribution is -0.103. The predicted molar refractivity (Wildman–Crippen MR) is 122 cm³/mol. The van der Waals surface area contributed by atoms with Crippen LogP contribution in [-0.4, -0.2) is 26.8 Å². The molecule has 8 nitrogen and oxygen atoms in total. The number of benzene rings is 3. The Hall–Kier alpha value is -4.11. The summed E-state index contributed by atoms with van der Waals surface area (Å²) in [5.41, 5.74) is 2.29. The van der Waals surface area contributed by atoms with Gasteiger partial charge < -0.3 is 14.5 Å². The van der Waals surface area contributed by atoms with Gasteiger partial charge in [-0.2, -0.15) is 0 Å². The number of allylic oxidation sites excluding steroid dienone is 1. The van der Waals surface area contributed by atoms with Crippen LogP contribution in [0.15, 0.2) is 88.3 Å². The number of aldehydes is 1. The maximum absolute atomic E-state index is 12.7. The van der Waals surface area contributed by atoms with Gasteiger partial charge in [0.1, 0.15) is 11.3 Å². The van der Waals surface area contributed by atoms with E-state index in [0.717, 1.165) is 0 Å². The molecule has 0 aliphatic carbocycles. The van der Waals surface area contributed by atoms with Crippen molar-refractivity contribution in [1.29, 1.82) is 0 Å². The first-order valence-corrected chi connectivity index (χ1v) is 11.0. The number of nitrogens with one attached hydrogen (secondary N) is 2. The number of fused-ring (bicyclic) bond motifs is 1. The van der Waals surface area contributed by atoms with E-state index in [1.807, 2.05) is 12.1 Å². The van der Waals surface area contributed by atoms with Crippen LogP contribution < -0.4 is 14.8 Å². The quantitative estimate of drug-likeness (QED) is 0.305. The van der Waals surface area contributed by atoms with Crippen molar-refractivity contribution in [1.82, 2.24) is 4.98 Å². The minimum atomic E-state index is -3.81. The van der Waals surface area contributed by atoms with E-state index in [0.29, 0.717) is 28.8 Å². The van der Waals surface area contributed by atoms with Crippen LogP contribution >= 0.6 is 0 Å². The number of rotatable bonds is 8. The Bertz CT molecular complexity index is 1360. The Kier molecular flexibility index (Phi) is 5.91. The van der Waals surface area contributed by atoms with E-state index >= 15 is 0 Å². The molecule has 0 saturated heterocycles. The third-order valence-electron chi connectivity index (χ3n) is 4.56. The van der Waals surface area contributed by atoms with Crippen LogP contribution in [0.1, 0.15) is 5.89 Å². The largest absolute Gasteiger partial charge is 0.495 e. The van der Waals surface area contributed by atoms with Crippen molar-refractivity contribution in [3.8, 4) is 5.75 Å². The summed E-state index contributed by atoms with van der Waals surface area (Å²) in [6.07, 6.45) is 2.04. The highest BCUT2D eigenvalue weighted by molar-refractivity contribution is 7.92. The van der Waals surface area contributed by atoms with E-state index < -0.39 is 10.0 Å². The lowest BCUT2D eigenvalue weighted by Crippen LogP contribution is -2.13. The first-order valence-electron chi connectivity index (χ1n) is 9.54. The van der Waals surface area contributed by atoms with Crippen LogP contribution in [0, 0.1) is 0 Å². The van der Waals surface area contributed by atoms with Crippen molar-refractivity contribution in [2.45, 2.75) is 4.90 Å². The average Bonchev–Trinajstić information content (AvgIpc) is 3.24. The molecule has 0 atom stereocenters. The van der Waals surface area contributed by atoms with Crippen molar-refractivity contribution in [2.75, 3.05) is 17.1 Å². The number of ether oxygens (including phenoxy) is 1. The van der Waals surface area contributed by atoms with Crippen molar-refractivity contribution in [3.63, 3.8) is 0 Å². The molecule has 32 heavy (non-hydrogen) atoms. The van der Waals surface area contributed by atoms with Gasteiger partial charge in [0, 0.05) is 18.0 Å². The molecule has 3 aromatic carbocycles. The van der Waals surface area contributed by atoms with Gasteiger partial charge in [-0.05, 0) is 36.4 Å². The number of sulfonamides is 1. The van der Waals surface area contributed by atoms with E-state index in [1.54, 1.807) is 48.5 Å². The number of anilines is 2. The Morgan fingerprint density at radius 2 is 1.78 bits per heavy atom. The molecule has 0 radical (unpaired) electrons. The molecule has 0 spiro atoms. The zero-order valence-electron chi connectivity index (χ0n) is 17.0. The average molecular weight is 449 g/mol. The van der Waals surface area contributed by atoms with Gasteiger partial charge in [-0.1, -0.05) is 30.3 Å². The summed E-state index contributed by atoms with van der Waals surface area (Å²) in [4.78, 5) is 15.9. The van der Waals surface area contributed by atoms with Gasteiger partial charge in [0.05, 0.1) is 23.3 Å². The van der Waals surface area contributed by atoms with Gasteiger partial charge in [-0.25, -0.2) is 13.4 Å². The summed E-state index contributed by atoms with van der Waals surface area (Å²) in [6, 6.07) is 20.1. The highest BCUT2D eigenvalue weighted by Gasteiger charge is 2.17. The number of aromatic nitrogens is 1. The van der Waals surface area contributed by atoms with Crippen molar-refractivity contribution in [3.05, 3.63) is 84.9 Å². The molecule has 2 N–H and O–H groups in total. The van der Waals surface area contributed by atoms with Crippen LogP contribution in [0.3, 0.4) is 0 Å². The Morgan fingerprint density at radius 3 is 2.50 bits per heavy atom. The van der Waals surface area contributed by atoms with Crippen LogP contribution in [0.25, 0.3) is 16.7 Å². The van der Waals surface area contributed by atoms with Gasteiger partial charge in [0.25, 0.3) is 10.0 Å². The van der Waals surface area contributed by atoms with E-state index in [2.05, 4.69) is 15.0 Å². The zero-order chi connectivity index (χ0) is 22.6. The summed E-state index contributed by atoms with van der Waals surface area (Å²) in [6.45, 7) is 0. The highest BCUT2D eigenvalue weighted by Crippen LogP contribution is 2.29. The number of nitrogens with zero attached hydrogens (tertiary/aromatic N) is 1. The number of methoxy groups -OCH3 is 1. The van der Waals surface area contributed by atoms with Gasteiger partial charge in [0.2, 0.25) is 5.89 Å². The van der Waals surface area contributed by atoms with Crippen molar-refractivity contribution >= 4 is 44.4 Å². The molecule has 0 amide bonds. The zero-order valence-corrected chi connectivity index (χ0v) is 17.8. The maximum atomic E-state index is 12.7. The molecular formula is C23H19N3O5S. The molecule has 0 saturated carbocycles. The van der Waals surface area contributed by atoms with Gasteiger partial charge in [0.15, 0.2) is 11.9 Å². The first-order chi connectivity index (χ1) is 15.5. The minimum Gasteiger partial charge on any atom is -0.495 e. The van der Waals surface area contributed by atoms with Crippen LogP contribution in [0.5, 0.6) is 5.75 Å². The molecule has 0 fully saturated rings. The van der Waals surface area contributed by atoms with Crippen LogP contribution in [-0.2, 0) is 14.8 Å². The topological polar surface area (TPSA) is 111 Å². The third-order valence-corrected chi connectivity index (χ3v) is 5.94. The smallest absolute Gasteiger partial charge is 0.262 e. The summed E-state index contributed by atoms with van der Waals surface area (Å²) >= 11 is 0. The van der Waals surface area contributed by atoms with Gasteiger partial charge in [-0.3, -0.25) is 9.52 Å². The number of oxazole rings is 1. The molecular weight excluding hydrogens is 430 g/mol. The molecule has 9 heteroatoms. The molecule has 1 aromatic heterocycles. The standard InChI is InChI=1S/C23H19N3O5S/c1-30-22-13-18(32(28,29)26-17-7-3-2-4-8-17)11-12-19(22)24-14-16(15-27)23-25-20-9-5-6-10-21(20)31-23/h2-15,24,26H,1H3. The van der Waals surface area contributed by atoms with E-state index in [9.17, 15) is 13.2 Å². The molecule has 162 valence electrons. The maximum Gasteiger partial charge on any atom is 0.262 e. The summed E-state index contributed by atoms with van der Waals surface area (Å²) in [5.74, 6) is 0.443. The number of hydrogen-bond acceptors (Lipinski definition) is 7. The lowest BCUT2D eigenvalue weighted by Gasteiger charge is -2.12. The fourth-order valence-corrected chi connectivity index (χ4v) is 4.05. The van der Waals surface area contributed by atoms with Gasteiger partial charge in [-0.15, -0.1) is 0 Å². The second-order valence-corrected chi connectivity index (χ2v) is 8.36. The van der Waals surface area contributed by atoms with Gasteiger partial charge >= 0.3 is 0 Å².